The van der Waals surface area contributed by atoms with E-state index in [1.165, 1.54) is 24.8 Å². The van der Waals surface area contributed by atoms with Crippen molar-refractivity contribution in [3.05, 3.63) is 54.0 Å². The number of hydrogen-bond acceptors (Lipinski definition) is 3. The minimum atomic E-state index is 0.220. The maximum Gasteiger partial charge on any atom is 0.170 e. The third-order valence-corrected chi connectivity index (χ3v) is 4.71. The standard InChI is InChI=1S/C19H25N3OS/c1-15-7-9-16(10-8-15)21-19(24)20-14-17(18-6-5-13-23-18)22-11-3-2-4-12-22/h5-10,13,17H,2-4,11-12,14H2,1H3,(H2,20,21,24). The number of nitrogens with zero attached hydrogens (tertiary/aromatic N) is 1. The second-order valence-corrected chi connectivity index (χ2v) is 6.74. The molecule has 3 rings (SSSR count). The molecular formula is C19H25N3OS. The molecule has 1 aliphatic heterocycles. The Kier molecular flexibility index (Phi) is 5.88. The minimum Gasteiger partial charge on any atom is -0.468 e. The normalized spacial score (nSPS) is 16.5. The number of thiocarbonyl (C=S) groups is 1. The molecule has 1 saturated heterocycles. The Morgan fingerprint density at radius 1 is 1.17 bits per heavy atom. The zero-order valence-corrected chi connectivity index (χ0v) is 14.9. The molecule has 0 amide bonds. The second kappa shape index (κ2) is 8.31. The van der Waals surface area contributed by atoms with Gasteiger partial charge in [-0.05, 0) is 69.3 Å². The SMILES string of the molecule is Cc1ccc(NC(=S)NCC(c2ccco2)N2CCCCC2)cc1. The van der Waals surface area contributed by atoms with Gasteiger partial charge in [0.2, 0.25) is 0 Å². The van der Waals surface area contributed by atoms with E-state index >= 15 is 0 Å². The number of piperidine rings is 1. The zero-order valence-electron chi connectivity index (χ0n) is 14.1. The van der Waals surface area contributed by atoms with Crippen molar-refractivity contribution in [2.24, 2.45) is 0 Å². The van der Waals surface area contributed by atoms with Gasteiger partial charge in [-0.2, -0.15) is 0 Å². The Balaban J connectivity index is 1.58. The van der Waals surface area contributed by atoms with Gasteiger partial charge >= 0.3 is 0 Å². The Morgan fingerprint density at radius 3 is 2.58 bits per heavy atom. The molecule has 5 heteroatoms. The fourth-order valence-electron chi connectivity index (χ4n) is 3.12. The van der Waals surface area contributed by atoms with E-state index in [2.05, 4.69) is 40.7 Å². The molecule has 1 aliphatic rings. The van der Waals surface area contributed by atoms with Crippen molar-refractivity contribution < 1.29 is 4.42 Å². The summed E-state index contributed by atoms with van der Waals surface area (Å²) in [5, 5.41) is 7.24. The molecule has 0 aliphatic carbocycles. The summed E-state index contributed by atoms with van der Waals surface area (Å²) >= 11 is 5.45. The molecule has 1 atom stereocenters. The fourth-order valence-corrected chi connectivity index (χ4v) is 3.32. The van der Waals surface area contributed by atoms with Crippen LogP contribution < -0.4 is 10.6 Å². The van der Waals surface area contributed by atoms with Gasteiger partial charge in [0, 0.05) is 12.2 Å². The molecule has 1 fully saturated rings. The molecule has 24 heavy (non-hydrogen) atoms. The van der Waals surface area contributed by atoms with Gasteiger partial charge in [-0.3, -0.25) is 4.90 Å². The van der Waals surface area contributed by atoms with Crippen LogP contribution in [0, 0.1) is 6.92 Å². The molecule has 2 heterocycles. The van der Waals surface area contributed by atoms with E-state index in [0.717, 1.165) is 31.1 Å². The van der Waals surface area contributed by atoms with Crippen molar-refractivity contribution in [3.63, 3.8) is 0 Å². The second-order valence-electron chi connectivity index (χ2n) is 6.33. The molecule has 0 saturated carbocycles. The van der Waals surface area contributed by atoms with E-state index in [1.54, 1.807) is 6.26 Å². The summed E-state index contributed by atoms with van der Waals surface area (Å²) in [4.78, 5) is 2.49. The lowest BCUT2D eigenvalue weighted by Gasteiger charge is -2.33. The Bertz CT molecular complexity index is 633. The summed E-state index contributed by atoms with van der Waals surface area (Å²) in [6.07, 6.45) is 5.57. The lowest BCUT2D eigenvalue weighted by molar-refractivity contribution is 0.146. The smallest absolute Gasteiger partial charge is 0.170 e. The largest absolute Gasteiger partial charge is 0.468 e. The average molecular weight is 343 g/mol. The third kappa shape index (κ3) is 4.58. The predicted molar refractivity (Wildman–Crippen MR) is 102 cm³/mol. The van der Waals surface area contributed by atoms with Gasteiger partial charge in [0.25, 0.3) is 0 Å². The van der Waals surface area contributed by atoms with Crippen molar-refractivity contribution in [2.45, 2.75) is 32.2 Å². The first-order valence-electron chi connectivity index (χ1n) is 8.61. The monoisotopic (exact) mass is 343 g/mol. The van der Waals surface area contributed by atoms with Crippen molar-refractivity contribution in [1.82, 2.24) is 10.2 Å². The summed E-state index contributed by atoms with van der Waals surface area (Å²) in [7, 11) is 0. The van der Waals surface area contributed by atoms with E-state index in [9.17, 15) is 0 Å². The fraction of sp³-hybridized carbons (Fsp3) is 0.421. The van der Waals surface area contributed by atoms with Crippen LogP contribution in [0.25, 0.3) is 0 Å². The van der Waals surface area contributed by atoms with E-state index in [-0.39, 0.29) is 6.04 Å². The van der Waals surface area contributed by atoms with Gasteiger partial charge in [-0.25, -0.2) is 0 Å². The van der Waals surface area contributed by atoms with E-state index in [4.69, 9.17) is 16.6 Å². The van der Waals surface area contributed by atoms with Gasteiger partial charge in [-0.15, -0.1) is 0 Å². The van der Waals surface area contributed by atoms with Crippen LogP contribution in [0.5, 0.6) is 0 Å². The van der Waals surface area contributed by atoms with Gasteiger partial charge < -0.3 is 15.1 Å². The number of nitrogens with one attached hydrogen (secondary N) is 2. The molecule has 2 aromatic rings. The Morgan fingerprint density at radius 2 is 1.92 bits per heavy atom. The number of likely N-dealkylation sites (tertiary alicyclic amines) is 1. The highest BCUT2D eigenvalue weighted by Crippen LogP contribution is 2.24. The van der Waals surface area contributed by atoms with E-state index in [1.807, 2.05) is 18.2 Å². The van der Waals surface area contributed by atoms with Crippen LogP contribution in [0.4, 0.5) is 5.69 Å². The summed E-state index contributed by atoms with van der Waals surface area (Å²) < 4.78 is 5.67. The van der Waals surface area contributed by atoms with Gasteiger partial charge in [0.05, 0.1) is 12.3 Å². The van der Waals surface area contributed by atoms with Crippen LogP contribution in [0.2, 0.25) is 0 Å². The molecule has 1 unspecified atom stereocenters. The first-order valence-corrected chi connectivity index (χ1v) is 9.02. The highest BCUT2D eigenvalue weighted by Gasteiger charge is 2.24. The molecule has 1 aromatic carbocycles. The average Bonchev–Trinajstić information content (AvgIpc) is 3.12. The van der Waals surface area contributed by atoms with Crippen molar-refractivity contribution in [2.75, 3.05) is 25.0 Å². The van der Waals surface area contributed by atoms with Crippen LogP contribution in [0.1, 0.15) is 36.6 Å². The topological polar surface area (TPSA) is 40.4 Å². The van der Waals surface area contributed by atoms with E-state index in [0.29, 0.717) is 5.11 Å². The number of hydrogen-bond donors (Lipinski definition) is 2. The summed E-state index contributed by atoms with van der Waals surface area (Å²) in [5.41, 5.74) is 2.24. The zero-order chi connectivity index (χ0) is 16.8. The first-order chi connectivity index (χ1) is 11.7. The number of benzene rings is 1. The molecule has 2 N–H and O–H groups in total. The summed E-state index contributed by atoms with van der Waals surface area (Å²) in [6, 6.07) is 12.5. The number of rotatable bonds is 5. The van der Waals surface area contributed by atoms with Gasteiger partial charge in [0.1, 0.15) is 5.76 Å². The summed E-state index contributed by atoms with van der Waals surface area (Å²) in [5.74, 6) is 1.00. The van der Waals surface area contributed by atoms with Crippen LogP contribution in [0.3, 0.4) is 0 Å². The van der Waals surface area contributed by atoms with Crippen LogP contribution >= 0.6 is 12.2 Å². The molecule has 0 bridgehead atoms. The maximum absolute atomic E-state index is 5.67. The molecular weight excluding hydrogens is 318 g/mol. The number of furan rings is 1. The highest BCUT2D eigenvalue weighted by molar-refractivity contribution is 7.80. The molecule has 4 nitrogen and oxygen atoms in total. The van der Waals surface area contributed by atoms with Crippen molar-refractivity contribution in [3.8, 4) is 0 Å². The van der Waals surface area contributed by atoms with Crippen LogP contribution in [-0.2, 0) is 0 Å². The lowest BCUT2D eigenvalue weighted by atomic mass is 10.1. The molecule has 0 radical (unpaired) electrons. The van der Waals surface area contributed by atoms with E-state index < -0.39 is 0 Å². The number of anilines is 1. The third-order valence-electron chi connectivity index (χ3n) is 4.47. The van der Waals surface area contributed by atoms with Crippen LogP contribution in [-0.4, -0.2) is 29.6 Å². The first kappa shape index (κ1) is 17.0. The Labute approximate surface area is 149 Å². The lowest BCUT2D eigenvalue weighted by Crippen LogP contribution is -2.41. The quantitative estimate of drug-likeness (QED) is 0.800. The minimum absolute atomic E-state index is 0.220. The summed E-state index contributed by atoms with van der Waals surface area (Å²) in [6.45, 7) is 5.05. The van der Waals surface area contributed by atoms with Gasteiger partial charge in [0.15, 0.2) is 5.11 Å². The van der Waals surface area contributed by atoms with Crippen molar-refractivity contribution >= 4 is 23.0 Å². The van der Waals surface area contributed by atoms with Crippen LogP contribution in [0.15, 0.2) is 47.1 Å². The predicted octanol–water partition coefficient (Wildman–Crippen LogP) is 4.10. The Hall–Kier alpha value is -1.85. The van der Waals surface area contributed by atoms with Gasteiger partial charge in [-0.1, -0.05) is 24.1 Å². The van der Waals surface area contributed by atoms with Crippen molar-refractivity contribution in [1.29, 1.82) is 0 Å². The highest BCUT2D eigenvalue weighted by atomic mass is 32.1. The molecule has 1 aromatic heterocycles. The molecule has 128 valence electrons. The molecule has 0 spiro atoms. The number of aryl methyl sites for hydroxylation is 1. The maximum atomic E-state index is 5.67.